The van der Waals surface area contributed by atoms with Crippen molar-refractivity contribution in [3.05, 3.63) is 35.9 Å². The second-order valence-corrected chi connectivity index (χ2v) is 4.53. The molecule has 0 aromatic heterocycles. The minimum absolute atomic E-state index is 0.0817. The van der Waals surface area contributed by atoms with Gasteiger partial charge in [-0.1, -0.05) is 30.3 Å². The van der Waals surface area contributed by atoms with E-state index in [9.17, 15) is 9.59 Å². The van der Waals surface area contributed by atoms with Gasteiger partial charge in [-0.05, 0) is 24.8 Å². The molecule has 4 N–H and O–H groups in total. The highest BCUT2D eigenvalue weighted by atomic mass is 16.5. The number of carbonyl (C=O) groups is 2. The van der Waals surface area contributed by atoms with E-state index in [2.05, 4.69) is 5.32 Å². The summed E-state index contributed by atoms with van der Waals surface area (Å²) in [6, 6.07) is 8.01. The number of aliphatic hydroxyl groups excluding tert-OH is 1. The van der Waals surface area contributed by atoms with Gasteiger partial charge in [-0.2, -0.15) is 0 Å². The Morgan fingerprint density at radius 1 is 1.10 bits per heavy atom. The zero-order valence-corrected chi connectivity index (χ0v) is 11.0. The lowest BCUT2D eigenvalue weighted by Gasteiger charge is -2.14. The first kappa shape index (κ1) is 16.1. The largest absolute Gasteiger partial charge is 0.480 e. The molecule has 1 aromatic rings. The molecule has 0 spiro atoms. The Hall–Kier alpha value is -1.92. The third-order valence-electron chi connectivity index (χ3n) is 2.80. The summed E-state index contributed by atoms with van der Waals surface area (Å²) in [7, 11) is 0. The molecule has 0 aliphatic carbocycles. The van der Waals surface area contributed by atoms with Gasteiger partial charge in [0.25, 0.3) is 0 Å². The highest BCUT2D eigenvalue weighted by Crippen LogP contribution is 2.05. The average molecular weight is 281 g/mol. The summed E-state index contributed by atoms with van der Waals surface area (Å²) in [5.41, 5.74) is 0.805. The predicted octanol–water partition coefficient (Wildman–Crippen LogP) is 0.279. The fourth-order valence-electron chi connectivity index (χ4n) is 1.79. The van der Waals surface area contributed by atoms with E-state index in [1.807, 2.05) is 6.07 Å². The molecule has 1 rings (SSSR count). The molecule has 1 amide bonds. The number of amides is 1. The van der Waals surface area contributed by atoms with E-state index in [0.717, 1.165) is 5.56 Å². The van der Waals surface area contributed by atoms with Crippen molar-refractivity contribution in [1.82, 2.24) is 5.32 Å². The van der Waals surface area contributed by atoms with Crippen LogP contribution in [0, 0.1) is 0 Å². The maximum absolute atomic E-state index is 11.8. The molecule has 6 heteroatoms. The molecular weight excluding hydrogens is 262 g/mol. The van der Waals surface area contributed by atoms with Gasteiger partial charge in [0, 0.05) is 0 Å². The minimum atomic E-state index is -1.45. The van der Waals surface area contributed by atoms with Crippen LogP contribution in [-0.2, 0) is 16.0 Å². The topological polar surface area (TPSA) is 107 Å². The summed E-state index contributed by atoms with van der Waals surface area (Å²) in [6.07, 6.45) is -0.788. The van der Waals surface area contributed by atoms with Gasteiger partial charge < -0.3 is 20.6 Å². The molecule has 1 unspecified atom stereocenters. The van der Waals surface area contributed by atoms with E-state index in [1.165, 1.54) is 0 Å². The van der Waals surface area contributed by atoms with E-state index >= 15 is 0 Å². The van der Waals surface area contributed by atoms with Gasteiger partial charge in [-0.15, -0.1) is 0 Å². The number of aliphatic carboxylic acids is 1. The van der Waals surface area contributed by atoms with Crippen LogP contribution < -0.4 is 5.32 Å². The lowest BCUT2D eigenvalue weighted by atomic mass is 10.1. The van der Waals surface area contributed by atoms with Crippen molar-refractivity contribution in [1.29, 1.82) is 0 Å². The van der Waals surface area contributed by atoms with Gasteiger partial charge in [-0.25, -0.2) is 4.79 Å². The number of hydrogen-bond acceptors (Lipinski definition) is 4. The molecule has 20 heavy (non-hydrogen) atoms. The molecule has 0 bridgehead atoms. The highest BCUT2D eigenvalue weighted by Gasteiger charge is 2.19. The quantitative estimate of drug-likeness (QED) is 0.512. The summed E-state index contributed by atoms with van der Waals surface area (Å²) < 4.78 is 0. The van der Waals surface area contributed by atoms with Crippen molar-refractivity contribution in [3.8, 4) is 0 Å². The van der Waals surface area contributed by atoms with Crippen LogP contribution in [0.4, 0.5) is 0 Å². The van der Waals surface area contributed by atoms with Crippen LogP contribution in [0.15, 0.2) is 30.3 Å². The van der Waals surface area contributed by atoms with E-state index in [4.69, 9.17) is 15.3 Å². The summed E-state index contributed by atoms with van der Waals surface area (Å²) >= 11 is 0. The first-order valence-corrected chi connectivity index (χ1v) is 6.41. The molecule has 6 nitrogen and oxygen atoms in total. The lowest BCUT2D eigenvalue weighted by molar-refractivity contribution is -0.142. The van der Waals surface area contributed by atoms with Crippen LogP contribution in [0.3, 0.4) is 0 Å². The van der Waals surface area contributed by atoms with Crippen LogP contribution in [0.1, 0.15) is 24.8 Å². The maximum Gasteiger partial charge on any atom is 0.326 e. The summed E-state index contributed by atoms with van der Waals surface area (Å²) in [4.78, 5) is 22.8. The molecule has 0 saturated carbocycles. The SMILES string of the molecule is O=C(Cc1ccccc1)NC(CCCC(O)O)C(=O)O. The van der Waals surface area contributed by atoms with Gasteiger partial charge in [-0.3, -0.25) is 4.79 Å². The van der Waals surface area contributed by atoms with Crippen molar-refractivity contribution >= 4 is 11.9 Å². The minimum Gasteiger partial charge on any atom is -0.480 e. The number of benzene rings is 1. The molecule has 1 atom stereocenters. The Morgan fingerprint density at radius 3 is 2.30 bits per heavy atom. The van der Waals surface area contributed by atoms with E-state index in [0.29, 0.717) is 6.42 Å². The van der Waals surface area contributed by atoms with E-state index < -0.39 is 18.3 Å². The first-order chi connectivity index (χ1) is 9.49. The van der Waals surface area contributed by atoms with Gasteiger partial charge >= 0.3 is 5.97 Å². The summed E-state index contributed by atoms with van der Waals surface area (Å²) in [5.74, 6) is -1.49. The average Bonchev–Trinajstić information content (AvgIpc) is 2.38. The zero-order valence-electron chi connectivity index (χ0n) is 11.0. The Bertz CT molecular complexity index is 432. The fourth-order valence-corrected chi connectivity index (χ4v) is 1.79. The first-order valence-electron chi connectivity index (χ1n) is 6.41. The molecule has 0 fully saturated rings. The molecule has 110 valence electrons. The molecule has 0 aliphatic heterocycles. The summed E-state index contributed by atoms with van der Waals surface area (Å²) in [6.45, 7) is 0. The lowest BCUT2D eigenvalue weighted by Crippen LogP contribution is -2.41. The number of rotatable bonds is 8. The molecule has 0 heterocycles. The zero-order chi connectivity index (χ0) is 15.0. The molecule has 1 aromatic carbocycles. The Labute approximate surface area is 117 Å². The Kier molecular flexibility index (Phi) is 6.69. The molecule has 0 aliphatic rings. The third kappa shape index (κ3) is 6.31. The van der Waals surface area contributed by atoms with Crippen molar-refractivity contribution in [2.45, 2.75) is 38.0 Å². The maximum atomic E-state index is 11.8. The van der Waals surface area contributed by atoms with Crippen molar-refractivity contribution < 1.29 is 24.9 Å². The van der Waals surface area contributed by atoms with Crippen molar-refractivity contribution in [2.24, 2.45) is 0 Å². The Balaban J connectivity index is 2.44. The number of carboxylic acids is 1. The summed E-state index contributed by atoms with van der Waals surface area (Å²) in [5, 5.41) is 28.9. The smallest absolute Gasteiger partial charge is 0.326 e. The van der Waals surface area contributed by atoms with Gasteiger partial charge in [0.2, 0.25) is 5.91 Å². The molecule has 0 radical (unpaired) electrons. The van der Waals surface area contributed by atoms with Crippen molar-refractivity contribution in [3.63, 3.8) is 0 Å². The van der Waals surface area contributed by atoms with Crippen LogP contribution in [0.5, 0.6) is 0 Å². The second-order valence-electron chi connectivity index (χ2n) is 4.53. The molecule has 0 saturated heterocycles. The fraction of sp³-hybridized carbons (Fsp3) is 0.429. The second kappa shape index (κ2) is 8.29. The number of carboxylic acid groups (broad SMARTS) is 1. The van der Waals surface area contributed by atoms with Crippen LogP contribution >= 0.6 is 0 Å². The highest BCUT2D eigenvalue weighted by molar-refractivity contribution is 5.84. The van der Waals surface area contributed by atoms with Gasteiger partial charge in [0.1, 0.15) is 6.04 Å². The third-order valence-corrected chi connectivity index (χ3v) is 2.80. The predicted molar refractivity (Wildman–Crippen MR) is 71.8 cm³/mol. The Morgan fingerprint density at radius 2 is 1.75 bits per heavy atom. The van der Waals surface area contributed by atoms with Gasteiger partial charge in [0.15, 0.2) is 6.29 Å². The van der Waals surface area contributed by atoms with E-state index in [1.54, 1.807) is 24.3 Å². The number of aliphatic hydroxyl groups is 2. The van der Waals surface area contributed by atoms with E-state index in [-0.39, 0.29) is 25.2 Å². The number of carbonyl (C=O) groups excluding carboxylic acids is 1. The normalized spacial score (nSPS) is 12.2. The van der Waals surface area contributed by atoms with Crippen LogP contribution in [-0.4, -0.2) is 39.5 Å². The molecular formula is C14H19NO5. The number of nitrogens with one attached hydrogen (secondary N) is 1. The van der Waals surface area contributed by atoms with Gasteiger partial charge in [0.05, 0.1) is 6.42 Å². The van der Waals surface area contributed by atoms with Crippen LogP contribution in [0.25, 0.3) is 0 Å². The standard InChI is InChI=1S/C14H19NO5/c16-12(9-10-5-2-1-3-6-10)15-11(14(19)20)7-4-8-13(17)18/h1-3,5-6,11,13,17-18H,4,7-9H2,(H,15,16)(H,19,20). The monoisotopic (exact) mass is 281 g/mol. The van der Waals surface area contributed by atoms with Crippen LogP contribution in [0.2, 0.25) is 0 Å². The number of hydrogen-bond donors (Lipinski definition) is 4. The van der Waals surface area contributed by atoms with Crippen molar-refractivity contribution in [2.75, 3.05) is 0 Å².